The van der Waals surface area contributed by atoms with Gasteiger partial charge in [-0.3, -0.25) is 14.3 Å². The highest BCUT2D eigenvalue weighted by Crippen LogP contribution is 2.37. The van der Waals surface area contributed by atoms with Gasteiger partial charge < -0.3 is 16.2 Å². The lowest BCUT2D eigenvalue weighted by Gasteiger charge is -2.22. The quantitative estimate of drug-likeness (QED) is 0.723. The van der Waals surface area contributed by atoms with Gasteiger partial charge in [-0.1, -0.05) is 12.8 Å². The second kappa shape index (κ2) is 6.49. The van der Waals surface area contributed by atoms with Gasteiger partial charge in [0.2, 0.25) is 11.7 Å². The first-order chi connectivity index (χ1) is 12.5. The number of amides is 1. The highest BCUT2D eigenvalue weighted by Gasteiger charge is 2.34. The number of nitrogens with two attached hydrogens (primary N) is 1. The van der Waals surface area contributed by atoms with E-state index in [9.17, 15) is 14.7 Å². The molecular formula is C17H20N6O3. The zero-order valence-electron chi connectivity index (χ0n) is 14.1. The highest BCUT2D eigenvalue weighted by molar-refractivity contribution is 6.12. The summed E-state index contributed by atoms with van der Waals surface area (Å²) in [5.74, 6) is -0.154. The van der Waals surface area contributed by atoms with Crippen LogP contribution in [0.15, 0.2) is 18.7 Å². The van der Waals surface area contributed by atoms with Gasteiger partial charge in [-0.25, -0.2) is 9.97 Å². The molecule has 0 bridgehead atoms. The van der Waals surface area contributed by atoms with Crippen molar-refractivity contribution in [3.63, 3.8) is 0 Å². The molecule has 1 amide bonds. The molecule has 0 aromatic carbocycles. The summed E-state index contributed by atoms with van der Waals surface area (Å²) >= 11 is 0. The van der Waals surface area contributed by atoms with Crippen LogP contribution in [0.5, 0.6) is 0 Å². The van der Waals surface area contributed by atoms with E-state index in [0.29, 0.717) is 23.0 Å². The van der Waals surface area contributed by atoms with Crippen LogP contribution in [0.1, 0.15) is 48.5 Å². The fraction of sp³-hybridized carbons (Fsp3) is 0.471. The van der Waals surface area contributed by atoms with E-state index in [0.717, 1.165) is 25.7 Å². The molecule has 136 valence electrons. The number of aromatic nitrogens is 4. The van der Waals surface area contributed by atoms with Crippen LogP contribution in [0.3, 0.4) is 0 Å². The normalized spacial score (nSPS) is 20.8. The number of aliphatic hydroxyl groups is 1. The summed E-state index contributed by atoms with van der Waals surface area (Å²) in [5, 5.41) is 16.8. The molecule has 3 heterocycles. The number of fused-ring (bicyclic) bond motifs is 1. The number of nitrogens with one attached hydrogen (secondary N) is 1. The van der Waals surface area contributed by atoms with E-state index in [2.05, 4.69) is 20.4 Å². The number of Topliss-reactive ketones (excluding diaryl/α,β-unsaturated/α-hetero) is 1. The van der Waals surface area contributed by atoms with Crippen LogP contribution in [0.2, 0.25) is 0 Å². The molecule has 2 aromatic rings. The summed E-state index contributed by atoms with van der Waals surface area (Å²) in [7, 11) is 0. The average molecular weight is 356 g/mol. The Labute approximate surface area is 149 Å². The van der Waals surface area contributed by atoms with Crippen LogP contribution in [-0.4, -0.2) is 42.8 Å². The van der Waals surface area contributed by atoms with E-state index in [1.54, 1.807) is 17.1 Å². The van der Waals surface area contributed by atoms with E-state index in [4.69, 9.17) is 5.73 Å². The number of carbonyl (C=O) groups excluding carboxylic acids is 2. The molecule has 4 rings (SSSR count). The molecule has 0 radical (unpaired) electrons. The Balaban J connectivity index is 1.69. The fourth-order valence-electron chi connectivity index (χ4n) is 3.95. The van der Waals surface area contributed by atoms with Gasteiger partial charge in [-0.05, 0) is 18.8 Å². The Morgan fingerprint density at radius 3 is 2.88 bits per heavy atom. The largest absolute Gasteiger partial charge is 0.370 e. The molecule has 1 aliphatic heterocycles. The maximum atomic E-state index is 12.2. The Morgan fingerprint density at radius 1 is 1.38 bits per heavy atom. The first-order valence-electron chi connectivity index (χ1n) is 8.71. The third-order valence-corrected chi connectivity index (χ3v) is 5.18. The van der Waals surface area contributed by atoms with E-state index in [-0.39, 0.29) is 23.9 Å². The standard InChI is InChI=1S/C17H20N6O3/c18-12(24)5-11(9-3-1-2-4-9)23-7-10(6-21-23)14-13-15(25)17(26)22-16(13)20-8-19-14/h6-9,11,17,26H,1-5H2,(H2,18,24)(H,19,20,22)/t11-,17?/m1/s1. The molecule has 9 nitrogen and oxygen atoms in total. The lowest BCUT2D eigenvalue weighted by atomic mass is 9.95. The van der Waals surface area contributed by atoms with Gasteiger partial charge >= 0.3 is 0 Å². The van der Waals surface area contributed by atoms with Crippen molar-refractivity contribution < 1.29 is 14.7 Å². The van der Waals surface area contributed by atoms with Gasteiger partial charge in [0.1, 0.15) is 12.1 Å². The maximum Gasteiger partial charge on any atom is 0.219 e. The molecule has 1 aliphatic carbocycles. The summed E-state index contributed by atoms with van der Waals surface area (Å²) in [4.78, 5) is 31.9. The van der Waals surface area contributed by atoms with Gasteiger partial charge in [0.15, 0.2) is 6.23 Å². The van der Waals surface area contributed by atoms with Crippen molar-refractivity contribution in [1.29, 1.82) is 0 Å². The first-order valence-corrected chi connectivity index (χ1v) is 8.71. The molecule has 9 heteroatoms. The Morgan fingerprint density at radius 2 is 2.15 bits per heavy atom. The number of aliphatic hydroxyl groups excluding tert-OH is 1. The zero-order chi connectivity index (χ0) is 18.3. The lowest BCUT2D eigenvalue weighted by Crippen LogP contribution is -2.24. The molecular weight excluding hydrogens is 336 g/mol. The van der Waals surface area contributed by atoms with E-state index >= 15 is 0 Å². The minimum atomic E-state index is -1.31. The highest BCUT2D eigenvalue weighted by atomic mass is 16.3. The smallest absolute Gasteiger partial charge is 0.219 e. The first kappa shape index (κ1) is 16.6. The molecule has 0 spiro atoms. The fourth-order valence-corrected chi connectivity index (χ4v) is 3.95. The summed E-state index contributed by atoms with van der Waals surface area (Å²) in [6.07, 6.45) is 8.04. The van der Waals surface area contributed by atoms with Crippen LogP contribution in [0.4, 0.5) is 5.82 Å². The Kier molecular flexibility index (Phi) is 4.15. The minimum absolute atomic E-state index is 0.0990. The monoisotopic (exact) mass is 356 g/mol. The van der Waals surface area contributed by atoms with Gasteiger partial charge in [0, 0.05) is 18.2 Å². The third kappa shape index (κ3) is 2.84. The lowest BCUT2D eigenvalue weighted by molar-refractivity contribution is -0.119. The SMILES string of the molecule is NC(=O)C[C@H](C1CCCC1)n1cc(-c2ncnc3c2C(=O)C(O)N3)cn1. The van der Waals surface area contributed by atoms with Crippen molar-refractivity contribution in [2.45, 2.75) is 44.4 Å². The molecule has 1 saturated carbocycles. The van der Waals surface area contributed by atoms with Crippen LogP contribution in [0.25, 0.3) is 11.3 Å². The van der Waals surface area contributed by atoms with Crippen molar-refractivity contribution in [3.05, 3.63) is 24.3 Å². The predicted octanol–water partition coefficient (Wildman–Crippen LogP) is 0.873. The molecule has 2 aliphatic rings. The molecule has 4 N–H and O–H groups in total. The van der Waals surface area contributed by atoms with Crippen LogP contribution in [0, 0.1) is 5.92 Å². The predicted molar refractivity (Wildman–Crippen MR) is 92.0 cm³/mol. The van der Waals surface area contributed by atoms with Crippen molar-refractivity contribution in [1.82, 2.24) is 19.7 Å². The number of carbonyl (C=O) groups is 2. The molecule has 2 aromatic heterocycles. The Hall–Kier alpha value is -2.81. The van der Waals surface area contributed by atoms with Crippen LogP contribution < -0.4 is 11.1 Å². The number of primary amides is 1. The average Bonchev–Trinajstić information content (AvgIpc) is 3.34. The van der Waals surface area contributed by atoms with Gasteiger partial charge in [-0.15, -0.1) is 0 Å². The summed E-state index contributed by atoms with van der Waals surface area (Å²) in [5.41, 5.74) is 6.75. The summed E-state index contributed by atoms with van der Waals surface area (Å²) in [6, 6.07) is -0.0990. The third-order valence-electron chi connectivity index (χ3n) is 5.18. The molecule has 1 fully saturated rings. The summed E-state index contributed by atoms with van der Waals surface area (Å²) in [6.45, 7) is 0. The topological polar surface area (TPSA) is 136 Å². The number of ketones is 1. The minimum Gasteiger partial charge on any atom is -0.370 e. The zero-order valence-corrected chi connectivity index (χ0v) is 14.1. The van der Waals surface area contributed by atoms with Gasteiger partial charge in [0.25, 0.3) is 0 Å². The molecule has 26 heavy (non-hydrogen) atoms. The van der Waals surface area contributed by atoms with Crippen molar-refractivity contribution in [3.8, 4) is 11.3 Å². The van der Waals surface area contributed by atoms with Gasteiger partial charge in [-0.2, -0.15) is 5.10 Å². The summed E-state index contributed by atoms with van der Waals surface area (Å²) < 4.78 is 1.76. The Bertz CT molecular complexity index is 858. The number of rotatable bonds is 5. The number of anilines is 1. The van der Waals surface area contributed by atoms with Crippen LogP contribution in [-0.2, 0) is 4.79 Å². The molecule has 1 unspecified atom stereocenters. The van der Waals surface area contributed by atoms with Gasteiger partial charge in [0.05, 0.1) is 23.5 Å². The number of nitrogens with zero attached hydrogens (tertiary/aromatic N) is 4. The number of hydrogen-bond acceptors (Lipinski definition) is 7. The van der Waals surface area contributed by atoms with E-state index in [1.807, 2.05) is 0 Å². The van der Waals surface area contributed by atoms with E-state index < -0.39 is 12.0 Å². The number of hydrogen-bond donors (Lipinski definition) is 3. The van der Waals surface area contributed by atoms with Crippen molar-refractivity contribution in [2.75, 3.05) is 5.32 Å². The molecule has 0 saturated heterocycles. The maximum absolute atomic E-state index is 12.2. The second-order valence-electron chi connectivity index (χ2n) is 6.85. The second-order valence-corrected chi connectivity index (χ2v) is 6.85. The van der Waals surface area contributed by atoms with E-state index in [1.165, 1.54) is 6.33 Å². The van der Waals surface area contributed by atoms with Crippen molar-refractivity contribution in [2.24, 2.45) is 11.7 Å². The molecule has 2 atom stereocenters. The van der Waals surface area contributed by atoms with Crippen LogP contribution >= 0.6 is 0 Å². The van der Waals surface area contributed by atoms with Crippen molar-refractivity contribution >= 4 is 17.5 Å².